The van der Waals surface area contributed by atoms with Gasteiger partial charge in [0.1, 0.15) is 11.0 Å². The number of rotatable bonds is 7. The molecular weight excluding hydrogens is 472 g/mol. The fraction of sp³-hybridized carbons (Fsp3) is 0.250. The Morgan fingerprint density at radius 2 is 1.94 bits per heavy atom. The van der Waals surface area contributed by atoms with Crippen molar-refractivity contribution in [2.45, 2.75) is 45.7 Å². The molecule has 8 heteroatoms. The molecule has 0 bridgehead atoms. The van der Waals surface area contributed by atoms with Gasteiger partial charge in [0.2, 0.25) is 11.8 Å². The molecule has 1 saturated heterocycles. The number of benzene rings is 2. The SMILES string of the molecule is CCCC(=O)N(Cc1cccnc1)C1CC(=O)N(c2ccc(-c3nc4ccc(C)cc4s3)cc2)C1=O. The number of carbonyl (C=O) groups excluding carboxylic acids is 3. The third-order valence-electron chi connectivity index (χ3n) is 6.28. The lowest BCUT2D eigenvalue weighted by atomic mass is 10.1. The second kappa shape index (κ2) is 9.99. The lowest BCUT2D eigenvalue weighted by Gasteiger charge is -2.27. The molecule has 1 aliphatic heterocycles. The summed E-state index contributed by atoms with van der Waals surface area (Å²) in [4.78, 5) is 50.9. The molecule has 5 rings (SSSR count). The minimum atomic E-state index is -0.830. The highest BCUT2D eigenvalue weighted by Crippen LogP contribution is 2.33. The van der Waals surface area contributed by atoms with Crippen LogP contribution in [0.5, 0.6) is 0 Å². The first-order valence-corrected chi connectivity index (χ1v) is 12.8. The van der Waals surface area contributed by atoms with E-state index in [0.29, 0.717) is 18.5 Å². The normalized spacial score (nSPS) is 15.6. The van der Waals surface area contributed by atoms with Crippen LogP contribution >= 0.6 is 11.3 Å². The summed E-state index contributed by atoms with van der Waals surface area (Å²) < 4.78 is 1.12. The summed E-state index contributed by atoms with van der Waals surface area (Å²) in [7, 11) is 0. The second-order valence-corrected chi connectivity index (χ2v) is 9.99. The van der Waals surface area contributed by atoms with Crippen LogP contribution in [0.25, 0.3) is 20.8 Å². The van der Waals surface area contributed by atoms with Crippen LogP contribution in [0, 0.1) is 6.92 Å². The maximum Gasteiger partial charge on any atom is 0.257 e. The summed E-state index contributed by atoms with van der Waals surface area (Å²) in [5.41, 5.74) is 4.37. The van der Waals surface area contributed by atoms with Crippen LogP contribution in [-0.2, 0) is 20.9 Å². The van der Waals surface area contributed by atoms with E-state index in [1.807, 2.05) is 37.3 Å². The summed E-state index contributed by atoms with van der Waals surface area (Å²) in [6.07, 6.45) is 4.27. The topological polar surface area (TPSA) is 83.5 Å². The third-order valence-corrected chi connectivity index (χ3v) is 7.34. The van der Waals surface area contributed by atoms with Crippen molar-refractivity contribution in [1.82, 2.24) is 14.9 Å². The highest BCUT2D eigenvalue weighted by molar-refractivity contribution is 7.21. The quantitative estimate of drug-likeness (QED) is 0.330. The predicted molar refractivity (Wildman–Crippen MR) is 140 cm³/mol. The molecule has 1 unspecified atom stereocenters. The molecule has 182 valence electrons. The number of aromatic nitrogens is 2. The number of imide groups is 1. The Morgan fingerprint density at radius 1 is 1.14 bits per heavy atom. The lowest BCUT2D eigenvalue weighted by Crippen LogP contribution is -2.45. The monoisotopic (exact) mass is 498 g/mol. The van der Waals surface area contributed by atoms with Gasteiger partial charge in [0, 0.05) is 30.9 Å². The van der Waals surface area contributed by atoms with Crippen molar-refractivity contribution in [2.75, 3.05) is 4.90 Å². The van der Waals surface area contributed by atoms with Crippen LogP contribution in [0.15, 0.2) is 67.0 Å². The van der Waals surface area contributed by atoms with Crippen molar-refractivity contribution < 1.29 is 14.4 Å². The van der Waals surface area contributed by atoms with E-state index < -0.39 is 6.04 Å². The van der Waals surface area contributed by atoms with Crippen molar-refractivity contribution in [3.63, 3.8) is 0 Å². The number of amides is 3. The van der Waals surface area contributed by atoms with E-state index in [0.717, 1.165) is 26.4 Å². The molecule has 7 nitrogen and oxygen atoms in total. The van der Waals surface area contributed by atoms with Gasteiger partial charge in [-0.1, -0.05) is 19.1 Å². The second-order valence-electron chi connectivity index (χ2n) is 8.96. The molecule has 2 aromatic heterocycles. The lowest BCUT2D eigenvalue weighted by molar-refractivity contribution is -0.139. The maximum atomic E-state index is 13.4. The summed E-state index contributed by atoms with van der Waals surface area (Å²) in [6.45, 7) is 4.21. The smallest absolute Gasteiger partial charge is 0.257 e. The zero-order chi connectivity index (χ0) is 25.2. The van der Waals surface area contributed by atoms with Gasteiger partial charge in [-0.25, -0.2) is 9.88 Å². The van der Waals surface area contributed by atoms with Crippen LogP contribution in [0.4, 0.5) is 5.69 Å². The number of hydrogen-bond donors (Lipinski definition) is 0. The van der Waals surface area contributed by atoms with Crippen molar-refractivity contribution in [3.05, 3.63) is 78.1 Å². The van der Waals surface area contributed by atoms with E-state index >= 15 is 0 Å². The summed E-state index contributed by atoms with van der Waals surface area (Å²) >= 11 is 1.61. The zero-order valence-corrected chi connectivity index (χ0v) is 21.0. The van der Waals surface area contributed by atoms with Crippen molar-refractivity contribution in [2.24, 2.45) is 0 Å². The van der Waals surface area contributed by atoms with Crippen molar-refractivity contribution in [3.8, 4) is 10.6 Å². The fourth-order valence-electron chi connectivity index (χ4n) is 4.46. The molecule has 3 heterocycles. The average molecular weight is 499 g/mol. The molecule has 0 N–H and O–H groups in total. The van der Waals surface area contributed by atoms with Crippen LogP contribution in [0.2, 0.25) is 0 Å². The third kappa shape index (κ3) is 4.64. The molecule has 4 aromatic rings. The Labute approximate surface area is 213 Å². The van der Waals surface area contributed by atoms with Crippen LogP contribution < -0.4 is 4.90 Å². The van der Waals surface area contributed by atoms with Crippen molar-refractivity contribution in [1.29, 1.82) is 0 Å². The maximum absolute atomic E-state index is 13.4. The fourth-order valence-corrected chi connectivity index (χ4v) is 5.53. The van der Waals surface area contributed by atoms with E-state index in [-0.39, 0.29) is 30.7 Å². The number of carbonyl (C=O) groups is 3. The Morgan fingerprint density at radius 3 is 2.67 bits per heavy atom. The van der Waals surface area contributed by atoms with Crippen LogP contribution in [-0.4, -0.2) is 38.6 Å². The number of pyridine rings is 1. The summed E-state index contributed by atoms with van der Waals surface area (Å²) in [6, 6.07) is 16.3. The van der Waals surface area contributed by atoms with Crippen molar-refractivity contribution >= 4 is 45.0 Å². The Kier molecular flexibility index (Phi) is 6.61. The molecule has 3 amide bonds. The molecule has 0 aliphatic carbocycles. The predicted octanol–water partition coefficient (Wildman–Crippen LogP) is 5.13. The standard InChI is InChI=1S/C28H26N4O3S/c1-3-5-25(33)31(17-19-6-4-13-29-16-19)23-15-26(34)32(28(23)35)21-10-8-20(9-11-21)27-30-22-12-7-18(2)14-24(22)36-27/h4,6-14,16,23H,3,5,15,17H2,1-2H3. The molecule has 36 heavy (non-hydrogen) atoms. The average Bonchev–Trinajstić information content (AvgIpc) is 3.43. The molecule has 0 spiro atoms. The highest BCUT2D eigenvalue weighted by atomic mass is 32.1. The number of fused-ring (bicyclic) bond motifs is 1. The number of anilines is 1. The van der Waals surface area contributed by atoms with E-state index in [9.17, 15) is 14.4 Å². The first kappa shape index (κ1) is 23.8. The molecule has 0 radical (unpaired) electrons. The molecular formula is C28H26N4O3S. The molecule has 1 fully saturated rings. The zero-order valence-electron chi connectivity index (χ0n) is 20.2. The van der Waals surface area contributed by atoms with Gasteiger partial charge in [0.25, 0.3) is 5.91 Å². The first-order chi connectivity index (χ1) is 17.4. The molecule has 1 atom stereocenters. The Bertz CT molecular complexity index is 1430. The largest absolute Gasteiger partial charge is 0.326 e. The number of hydrogen-bond acceptors (Lipinski definition) is 6. The molecule has 1 aliphatic rings. The number of aryl methyl sites for hydroxylation is 1. The molecule has 0 saturated carbocycles. The van der Waals surface area contributed by atoms with Gasteiger partial charge < -0.3 is 4.90 Å². The van der Waals surface area contributed by atoms with E-state index in [2.05, 4.69) is 18.0 Å². The van der Waals surface area contributed by atoms with E-state index in [1.165, 1.54) is 15.4 Å². The van der Waals surface area contributed by atoms with E-state index in [4.69, 9.17) is 4.98 Å². The number of nitrogens with zero attached hydrogens (tertiary/aromatic N) is 4. The highest BCUT2D eigenvalue weighted by Gasteiger charge is 2.44. The van der Waals surface area contributed by atoms with Gasteiger partial charge in [-0.05, 0) is 66.9 Å². The van der Waals surface area contributed by atoms with Gasteiger partial charge >= 0.3 is 0 Å². The minimum absolute atomic E-state index is 0.0342. The Balaban J connectivity index is 1.39. The van der Waals surface area contributed by atoms with Gasteiger partial charge in [-0.2, -0.15) is 0 Å². The van der Waals surface area contributed by atoms with Gasteiger partial charge in [0.15, 0.2) is 0 Å². The van der Waals surface area contributed by atoms with Crippen LogP contribution in [0.3, 0.4) is 0 Å². The number of thiazole rings is 1. The Hall–Kier alpha value is -3.91. The van der Waals surface area contributed by atoms with Gasteiger partial charge in [-0.3, -0.25) is 19.4 Å². The van der Waals surface area contributed by atoms with Gasteiger partial charge in [0.05, 0.1) is 22.3 Å². The minimum Gasteiger partial charge on any atom is -0.326 e. The van der Waals surface area contributed by atoms with Crippen LogP contribution in [0.1, 0.15) is 37.3 Å². The summed E-state index contributed by atoms with van der Waals surface area (Å²) in [5, 5.41) is 0.881. The van der Waals surface area contributed by atoms with E-state index in [1.54, 1.807) is 41.9 Å². The van der Waals surface area contributed by atoms with Gasteiger partial charge in [-0.15, -0.1) is 11.3 Å². The summed E-state index contributed by atoms with van der Waals surface area (Å²) in [5.74, 6) is -0.832. The first-order valence-electron chi connectivity index (χ1n) is 12.0. The molecule has 2 aromatic carbocycles.